The van der Waals surface area contributed by atoms with Crippen LogP contribution >= 0.6 is 11.3 Å². The van der Waals surface area contributed by atoms with Crippen molar-refractivity contribution in [1.82, 2.24) is 20.6 Å². The molecule has 0 saturated carbocycles. The molecule has 1 unspecified atom stereocenters. The number of rotatable bonds is 7. The summed E-state index contributed by atoms with van der Waals surface area (Å²) in [7, 11) is 0. The largest absolute Gasteiger partial charge is 0.462 e. The Bertz CT molecular complexity index is 1040. The van der Waals surface area contributed by atoms with Crippen LogP contribution in [0.25, 0.3) is 10.9 Å². The predicted molar refractivity (Wildman–Crippen MR) is 121 cm³/mol. The van der Waals surface area contributed by atoms with Gasteiger partial charge in [0.2, 0.25) is 0 Å². The molecule has 1 aromatic carbocycles. The number of fused-ring (bicyclic) bond motifs is 1. The van der Waals surface area contributed by atoms with E-state index in [2.05, 4.69) is 20.6 Å². The zero-order valence-corrected chi connectivity index (χ0v) is 18.5. The van der Waals surface area contributed by atoms with E-state index in [9.17, 15) is 4.79 Å². The second-order valence-electron chi connectivity index (χ2n) is 6.74. The maximum Gasteiger partial charge on any atom is 0.350 e. The Balaban J connectivity index is 1.76. The third kappa shape index (κ3) is 5.13. The fourth-order valence-electron chi connectivity index (χ4n) is 3.03. The normalized spacial score (nSPS) is 12.6. The van der Waals surface area contributed by atoms with Gasteiger partial charge in [0.05, 0.1) is 30.4 Å². The number of pyridine rings is 1. The number of carbonyl (C=O) groups is 1. The summed E-state index contributed by atoms with van der Waals surface area (Å²) in [5, 5.41) is 8.56. The summed E-state index contributed by atoms with van der Waals surface area (Å²) in [4.78, 5) is 26.4. The molecule has 0 aliphatic carbocycles. The molecule has 30 heavy (non-hydrogen) atoms. The van der Waals surface area contributed by atoms with Crippen molar-refractivity contribution in [3.8, 4) is 0 Å². The standard InChI is InChI=1S/C22H27N5O2S/c1-5-23-22(25-13-17-10-7-9-16-11-8-12-24-18(16)17)27-15(4)20-26-14(3)19(30-20)21(28)29-6-2/h7-12,15H,5-6,13H2,1-4H3,(H2,23,25,27). The number of hydrogen-bond donors (Lipinski definition) is 2. The molecule has 0 bridgehead atoms. The molecule has 158 valence electrons. The van der Waals surface area contributed by atoms with Gasteiger partial charge in [-0.25, -0.2) is 14.8 Å². The van der Waals surface area contributed by atoms with Crippen LogP contribution in [0.2, 0.25) is 0 Å². The van der Waals surface area contributed by atoms with Crippen molar-refractivity contribution in [2.75, 3.05) is 13.2 Å². The summed E-state index contributed by atoms with van der Waals surface area (Å²) in [6, 6.07) is 9.98. The number of esters is 1. The van der Waals surface area contributed by atoms with Crippen LogP contribution in [0.1, 0.15) is 52.7 Å². The van der Waals surface area contributed by atoms with Crippen molar-refractivity contribution in [3.63, 3.8) is 0 Å². The number of aliphatic imine (C=N–C) groups is 1. The Morgan fingerprint density at radius 3 is 2.83 bits per heavy atom. The minimum absolute atomic E-state index is 0.111. The predicted octanol–water partition coefficient (Wildman–Crippen LogP) is 3.99. The van der Waals surface area contributed by atoms with Gasteiger partial charge in [-0.2, -0.15) is 0 Å². The van der Waals surface area contributed by atoms with Gasteiger partial charge in [-0.1, -0.05) is 24.3 Å². The molecule has 0 aliphatic heterocycles. The van der Waals surface area contributed by atoms with Crippen LogP contribution in [0.4, 0.5) is 0 Å². The van der Waals surface area contributed by atoms with Gasteiger partial charge in [-0.3, -0.25) is 4.98 Å². The van der Waals surface area contributed by atoms with Crippen LogP contribution in [0.15, 0.2) is 41.5 Å². The highest BCUT2D eigenvalue weighted by molar-refractivity contribution is 7.13. The molecule has 1 atom stereocenters. The van der Waals surface area contributed by atoms with E-state index in [1.54, 1.807) is 13.1 Å². The molecule has 7 nitrogen and oxygen atoms in total. The SMILES string of the molecule is CCNC(=NCc1cccc2cccnc12)NC(C)c1nc(C)c(C(=O)OCC)s1. The number of hydrogen-bond acceptors (Lipinski definition) is 6. The molecule has 0 spiro atoms. The van der Waals surface area contributed by atoms with Gasteiger partial charge in [0.25, 0.3) is 0 Å². The summed E-state index contributed by atoms with van der Waals surface area (Å²) in [6.07, 6.45) is 1.80. The number of guanidine groups is 1. The number of aromatic nitrogens is 2. The molecule has 0 saturated heterocycles. The maximum atomic E-state index is 12.1. The summed E-state index contributed by atoms with van der Waals surface area (Å²) in [6.45, 7) is 9.22. The summed E-state index contributed by atoms with van der Waals surface area (Å²) in [5.74, 6) is 0.360. The first-order chi connectivity index (χ1) is 14.5. The number of carbonyl (C=O) groups excluding carboxylic acids is 1. The van der Waals surface area contributed by atoms with E-state index in [1.807, 2.05) is 51.1 Å². The van der Waals surface area contributed by atoms with Gasteiger partial charge in [-0.15, -0.1) is 11.3 Å². The third-order valence-corrected chi connectivity index (χ3v) is 5.79. The highest BCUT2D eigenvalue weighted by Gasteiger charge is 2.20. The number of ether oxygens (including phenoxy) is 1. The van der Waals surface area contributed by atoms with Crippen molar-refractivity contribution in [2.45, 2.75) is 40.3 Å². The van der Waals surface area contributed by atoms with Gasteiger partial charge in [0, 0.05) is 18.1 Å². The molecule has 0 radical (unpaired) electrons. The van der Waals surface area contributed by atoms with Gasteiger partial charge in [-0.05, 0) is 39.3 Å². The maximum absolute atomic E-state index is 12.1. The van der Waals surface area contributed by atoms with Crippen molar-refractivity contribution < 1.29 is 9.53 Å². The summed E-state index contributed by atoms with van der Waals surface area (Å²) < 4.78 is 5.11. The third-order valence-electron chi connectivity index (χ3n) is 4.47. The molecule has 2 aromatic heterocycles. The Morgan fingerprint density at radius 1 is 1.27 bits per heavy atom. The van der Waals surface area contributed by atoms with Crippen LogP contribution in [0, 0.1) is 6.92 Å². The minimum atomic E-state index is -0.324. The molecule has 8 heteroatoms. The number of nitrogens with zero attached hydrogens (tertiary/aromatic N) is 3. The van der Waals surface area contributed by atoms with E-state index in [0.717, 1.165) is 28.0 Å². The lowest BCUT2D eigenvalue weighted by Gasteiger charge is -2.16. The Kier molecular flexibility index (Phi) is 7.35. The van der Waals surface area contributed by atoms with Crippen LogP contribution in [0.3, 0.4) is 0 Å². The average Bonchev–Trinajstić information content (AvgIpc) is 3.14. The van der Waals surface area contributed by atoms with Gasteiger partial charge in [0.15, 0.2) is 5.96 Å². The lowest BCUT2D eigenvalue weighted by atomic mass is 10.1. The quantitative estimate of drug-likeness (QED) is 0.338. The first kappa shape index (κ1) is 21.7. The highest BCUT2D eigenvalue weighted by atomic mass is 32.1. The van der Waals surface area contributed by atoms with Crippen molar-refractivity contribution >= 4 is 34.2 Å². The Hall–Kier alpha value is -3.00. The van der Waals surface area contributed by atoms with Crippen LogP contribution < -0.4 is 10.6 Å². The second kappa shape index (κ2) is 10.2. The number of para-hydroxylation sites is 1. The van der Waals surface area contributed by atoms with Gasteiger partial charge in [0.1, 0.15) is 9.88 Å². The molecule has 0 fully saturated rings. The molecular weight excluding hydrogens is 398 g/mol. The topological polar surface area (TPSA) is 88.5 Å². The average molecular weight is 426 g/mol. The monoisotopic (exact) mass is 425 g/mol. The molecule has 0 aliphatic rings. The number of nitrogens with one attached hydrogen (secondary N) is 2. The molecule has 2 heterocycles. The van der Waals surface area contributed by atoms with Crippen LogP contribution in [-0.2, 0) is 11.3 Å². The molecular formula is C22H27N5O2S. The van der Waals surface area contributed by atoms with Crippen LogP contribution in [0.5, 0.6) is 0 Å². The van der Waals surface area contributed by atoms with E-state index in [4.69, 9.17) is 9.73 Å². The number of benzene rings is 1. The minimum Gasteiger partial charge on any atom is -0.462 e. The Labute approximate surface area is 180 Å². The first-order valence-corrected chi connectivity index (χ1v) is 10.9. The molecule has 3 rings (SSSR count). The molecule has 2 N–H and O–H groups in total. The van der Waals surface area contributed by atoms with E-state index in [0.29, 0.717) is 29.7 Å². The molecule has 3 aromatic rings. The first-order valence-electron chi connectivity index (χ1n) is 10.0. The summed E-state index contributed by atoms with van der Waals surface area (Å²) in [5.41, 5.74) is 2.71. The van der Waals surface area contributed by atoms with Crippen molar-refractivity contribution in [3.05, 3.63) is 57.7 Å². The van der Waals surface area contributed by atoms with Crippen molar-refractivity contribution in [1.29, 1.82) is 0 Å². The zero-order chi connectivity index (χ0) is 21.5. The van der Waals surface area contributed by atoms with E-state index in [-0.39, 0.29) is 12.0 Å². The van der Waals surface area contributed by atoms with Gasteiger partial charge < -0.3 is 15.4 Å². The second-order valence-corrected chi connectivity index (χ2v) is 7.77. The lowest BCUT2D eigenvalue weighted by Crippen LogP contribution is -2.38. The number of thiazole rings is 1. The van der Waals surface area contributed by atoms with E-state index >= 15 is 0 Å². The fourth-order valence-corrected chi connectivity index (χ4v) is 4.00. The smallest absolute Gasteiger partial charge is 0.350 e. The number of aryl methyl sites for hydroxylation is 1. The fraction of sp³-hybridized carbons (Fsp3) is 0.364. The van der Waals surface area contributed by atoms with Crippen molar-refractivity contribution in [2.24, 2.45) is 4.99 Å². The van der Waals surface area contributed by atoms with E-state index < -0.39 is 0 Å². The van der Waals surface area contributed by atoms with Gasteiger partial charge >= 0.3 is 5.97 Å². The highest BCUT2D eigenvalue weighted by Crippen LogP contribution is 2.24. The molecule has 0 amide bonds. The lowest BCUT2D eigenvalue weighted by molar-refractivity contribution is 0.0531. The summed E-state index contributed by atoms with van der Waals surface area (Å²) >= 11 is 1.35. The Morgan fingerprint density at radius 2 is 2.07 bits per heavy atom. The zero-order valence-electron chi connectivity index (χ0n) is 17.7. The van der Waals surface area contributed by atoms with E-state index in [1.165, 1.54) is 11.3 Å². The van der Waals surface area contributed by atoms with Crippen LogP contribution in [-0.4, -0.2) is 35.0 Å².